The van der Waals surface area contributed by atoms with Gasteiger partial charge in [-0.15, -0.1) is 0 Å². The summed E-state index contributed by atoms with van der Waals surface area (Å²) in [6.07, 6.45) is -1.71. The summed E-state index contributed by atoms with van der Waals surface area (Å²) in [5, 5.41) is 4.00. The minimum atomic E-state index is -4.43. The van der Waals surface area contributed by atoms with Gasteiger partial charge in [0.05, 0.1) is 28.2 Å². The van der Waals surface area contributed by atoms with Crippen molar-refractivity contribution in [3.63, 3.8) is 0 Å². The van der Waals surface area contributed by atoms with Crippen molar-refractivity contribution in [2.45, 2.75) is 31.9 Å². The number of aliphatic imine (C=N–C) groups is 1. The average molecular weight is 495 g/mol. The number of carbonyl (C=O) groups excluding carboxylic acids is 1. The zero-order chi connectivity index (χ0) is 25.4. The molecule has 0 saturated carbocycles. The Morgan fingerprint density at radius 3 is 2.69 bits per heavy atom. The van der Waals surface area contributed by atoms with Gasteiger partial charge >= 0.3 is 6.18 Å². The summed E-state index contributed by atoms with van der Waals surface area (Å²) in [5.74, 6) is -0.975. The fourth-order valence-electron chi connectivity index (χ4n) is 3.90. The van der Waals surface area contributed by atoms with Crippen LogP contribution in [0.15, 0.2) is 64.5 Å². The third kappa shape index (κ3) is 4.64. The maximum atomic E-state index is 14.0. The highest BCUT2D eigenvalue weighted by atomic mass is 19.4. The number of aromatic nitrogens is 4. The molecule has 0 saturated heterocycles. The normalized spacial score (nSPS) is 13.9. The molecule has 0 amide bonds. The van der Waals surface area contributed by atoms with Crippen molar-refractivity contribution in [1.82, 2.24) is 20.1 Å². The molecule has 0 N–H and O–H groups in total. The van der Waals surface area contributed by atoms with E-state index in [1.54, 1.807) is 19.1 Å². The second kappa shape index (κ2) is 9.06. The highest BCUT2D eigenvalue weighted by molar-refractivity contribution is 6.05. The van der Waals surface area contributed by atoms with Crippen LogP contribution < -0.4 is 0 Å². The van der Waals surface area contributed by atoms with E-state index in [0.29, 0.717) is 28.4 Å². The molecule has 4 heterocycles. The Balaban J connectivity index is 1.28. The Bertz CT molecular complexity index is 1500. The summed E-state index contributed by atoms with van der Waals surface area (Å²) in [5.41, 5.74) is 1.56. The first-order valence-electron chi connectivity index (χ1n) is 10.9. The molecule has 0 aliphatic carbocycles. The van der Waals surface area contributed by atoms with Crippen LogP contribution >= 0.6 is 0 Å². The minimum absolute atomic E-state index is 0.0300. The van der Waals surface area contributed by atoms with Gasteiger partial charge in [0.1, 0.15) is 23.5 Å². The zero-order valence-corrected chi connectivity index (χ0v) is 18.8. The second-order valence-electron chi connectivity index (χ2n) is 8.35. The highest BCUT2D eigenvalue weighted by Crippen LogP contribution is 2.36. The van der Waals surface area contributed by atoms with E-state index in [2.05, 4.69) is 25.1 Å². The summed E-state index contributed by atoms with van der Waals surface area (Å²) in [7, 11) is 0. The number of nitrogens with zero attached hydrogens (tertiary/aromatic N) is 5. The predicted molar refractivity (Wildman–Crippen MR) is 120 cm³/mol. The molecule has 1 aliphatic heterocycles. The van der Waals surface area contributed by atoms with Crippen LogP contribution in [0.1, 0.15) is 52.3 Å². The maximum absolute atomic E-state index is 14.0. The summed E-state index contributed by atoms with van der Waals surface area (Å²) in [6, 6.07) is 9.51. The number of carbonyl (C=O) groups is 1. The third-order valence-electron chi connectivity index (χ3n) is 5.81. The largest absolute Gasteiger partial charge is 0.416 e. The molecule has 3 aromatic heterocycles. The van der Waals surface area contributed by atoms with Crippen LogP contribution in [0.25, 0.3) is 11.3 Å². The van der Waals surface area contributed by atoms with E-state index in [-0.39, 0.29) is 41.5 Å². The first-order valence-corrected chi connectivity index (χ1v) is 10.9. The Labute approximate surface area is 201 Å². The number of ketones is 1. The van der Waals surface area contributed by atoms with Crippen molar-refractivity contribution in [3.05, 3.63) is 89.2 Å². The van der Waals surface area contributed by atoms with Crippen molar-refractivity contribution in [1.29, 1.82) is 0 Å². The molecule has 0 radical (unpaired) electrons. The van der Waals surface area contributed by atoms with E-state index in [4.69, 9.17) is 4.52 Å². The number of hydrogen-bond donors (Lipinski definition) is 0. The lowest BCUT2D eigenvalue weighted by Gasteiger charge is -2.07. The molecule has 0 unspecified atom stereocenters. The molecule has 0 fully saturated rings. The van der Waals surface area contributed by atoms with Crippen molar-refractivity contribution in [2.24, 2.45) is 4.99 Å². The summed E-state index contributed by atoms with van der Waals surface area (Å²) < 4.78 is 58.4. The standard InChI is InChI=1S/C25H17F4N5O2/c1-13(7-22(35)21-10-18(31-12-32-21)16-3-2-6-30-24(16)26)23-11-20(34-36-23)19-9-14-8-15(25(27,28)29)4-5-17(14)33-19/h2-6,8,10-13H,7,9H2,1H3/t13-/m1/s1. The smallest absolute Gasteiger partial charge is 0.360 e. The van der Waals surface area contributed by atoms with Crippen LogP contribution in [0.2, 0.25) is 0 Å². The monoisotopic (exact) mass is 495 g/mol. The number of hydrogen-bond acceptors (Lipinski definition) is 7. The Morgan fingerprint density at radius 1 is 1.08 bits per heavy atom. The topological polar surface area (TPSA) is 94.1 Å². The molecule has 0 bridgehead atoms. The molecule has 1 atom stereocenters. The molecule has 0 spiro atoms. The van der Waals surface area contributed by atoms with Crippen molar-refractivity contribution in [2.75, 3.05) is 0 Å². The first kappa shape index (κ1) is 23.5. The Morgan fingerprint density at radius 2 is 1.92 bits per heavy atom. The third-order valence-corrected chi connectivity index (χ3v) is 5.81. The van der Waals surface area contributed by atoms with E-state index >= 15 is 0 Å². The van der Waals surface area contributed by atoms with E-state index in [9.17, 15) is 22.4 Å². The molecule has 36 heavy (non-hydrogen) atoms. The van der Waals surface area contributed by atoms with Gasteiger partial charge in [-0.05, 0) is 42.0 Å². The Kier molecular flexibility index (Phi) is 5.91. The van der Waals surface area contributed by atoms with Gasteiger partial charge in [0.15, 0.2) is 5.78 Å². The van der Waals surface area contributed by atoms with Gasteiger partial charge in [0.2, 0.25) is 5.95 Å². The van der Waals surface area contributed by atoms with Gasteiger partial charge < -0.3 is 4.52 Å². The molecule has 5 rings (SSSR count). The molecule has 7 nitrogen and oxygen atoms in total. The molecular formula is C25H17F4N5O2. The number of rotatable bonds is 6. The van der Waals surface area contributed by atoms with Crippen LogP contribution in [0.5, 0.6) is 0 Å². The quantitative estimate of drug-likeness (QED) is 0.192. The van der Waals surface area contributed by atoms with Crippen molar-refractivity contribution < 1.29 is 26.9 Å². The number of halogens is 4. The van der Waals surface area contributed by atoms with Gasteiger partial charge in [-0.2, -0.15) is 17.6 Å². The molecule has 1 aliphatic rings. The molecule has 11 heteroatoms. The van der Waals surface area contributed by atoms with E-state index in [1.807, 2.05) is 0 Å². The number of Topliss-reactive ketones (excluding diaryl/α,β-unsaturated/α-hetero) is 1. The molecule has 4 aromatic rings. The van der Waals surface area contributed by atoms with Crippen LogP contribution in [0.4, 0.5) is 23.2 Å². The number of alkyl halides is 3. The van der Waals surface area contributed by atoms with Crippen LogP contribution in [-0.4, -0.2) is 31.6 Å². The highest BCUT2D eigenvalue weighted by Gasteiger charge is 2.32. The second-order valence-corrected chi connectivity index (χ2v) is 8.35. The van der Waals surface area contributed by atoms with Gasteiger partial charge in [0.25, 0.3) is 0 Å². The van der Waals surface area contributed by atoms with E-state index in [0.717, 1.165) is 12.1 Å². The molecule has 1 aromatic carbocycles. The zero-order valence-electron chi connectivity index (χ0n) is 18.8. The van der Waals surface area contributed by atoms with Crippen LogP contribution in [0, 0.1) is 5.95 Å². The lowest BCUT2D eigenvalue weighted by atomic mass is 9.98. The first-order chi connectivity index (χ1) is 17.2. The molecular weight excluding hydrogens is 478 g/mol. The van der Waals surface area contributed by atoms with Crippen LogP contribution in [0.3, 0.4) is 0 Å². The summed E-state index contributed by atoms with van der Waals surface area (Å²) in [4.78, 5) is 28.8. The summed E-state index contributed by atoms with van der Waals surface area (Å²) in [6.45, 7) is 1.77. The number of benzene rings is 1. The predicted octanol–water partition coefficient (Wildman–Crippen LogP) is 5.74. The Hall–Kier alpha value is -4.28. The van der Waals surface area contributed by atoms with Gasteiger partial charge in [-0.3, -0.25) is 9.79 Å². The number of fused-ring (bicyclic) bond motifs is 1. The summed E-state index contributed by atoms with van der Waals surface area (Å²) >= 11 is 0. The van der Waals surface area contributed by atoms with Gasteiger partial charge in [0, 0.05) is 31.0 Å². The van der Waals surface area contributed by atoms with Gasteiger partial charge in [-0.1, -0.05) is 12.1 Å². The van der Waals surface area contributed by atoms with Gasteiger partial charge in [-0.25, -0.2) is 15.0 Å². The lowest BCUT2D eigenvalue weighted by Crippen LogP contribution is -2.08. The van der Waals surface area contributed by atoms with Crippen LogP contribution in [-0.2, 0) is 12.6 Å². The number of pyridine rings is 1. The average Bonchev–Trinajstić information content (AvgIpc) is 3.51. The maximum Gasteiger partial charge on any atom is 0.416 e. The SMILES string of the molecule is C[C@H](CC(=O)c1cc(-c2cccnc2F)ncn1)c1cc(C2=Nc3ccc(C(F)(F)F)cc3C2)no1. The fraction of sp³-hybridized carbons (Fsp3) is 0.200. The fourth-order valence-corrected chi connectivity index (χ4v) is 3.90. The lowest BCUT2D eigenvalue weighted by molar-refractivity contribution is -0.137. The van der Waals surface area contributed by atoms with E-state index in [1.165, 1.54) is 30.7 Å². The van der Waals surface area contributed by atoms with E-state index < -0.39 is 17.7 Å². The molecule has 182 valence electrons. The minimum Gasteiger partial charge on any atom is -0.360 e. The van der Waals surface area contributed by atoms with Crippen molar-refractivity contribution >= 4 is 17.2 Å². The van der Waals surface area contributed by atoms with Crippen molar-refractivity contribution in [3.8, 4) is 11.3 Å².